The molecule has 0 unspecified atom stereocenters. The minimum atomic E-state index is -3.62. The molecule has 2 heteroatoms. The van der Waals surface area contributed by atoms with Crippen molar-refractivity contribution in [2.45, 2.75) is 20.8 Å². The molecular weight excluding hydrogens is 343 g/mol. The van der Waals surface area contributed by atoms with Crippen molar-refractivity contribution in [2.24, 2.45) is 0 Å². The van der Waals surface area contributed by atoms with Gasteiger partial charge in [-0.1, -0.05) is 0 Å². The Morgan fingerprint density at radius 2 is 0.696 bits per heavy atom. The molecular formula is C21H21AsO. The van der Waals surface area contributed by atoms with Gasteiger partial charge in [-0.05, 0) is 0 Å². The van der Waals surface area contributed by atoms with Gasteiger partial charge in [0.1, 0.15) is 0 Å². The van der Waals surface area contributed by atoms with Gasteiger partial charge in [0, 0.05) is 0 Å². The van der Waals surface area contributed by atoms with E-state index in [1.165, 1.54) is 16.7 Å². The molecule has 0 aliphatic heterocycles. The molecule has 0 radical (unpaired) electrons. The number of aryl methyl sites for hydroxylation is 3. The molecule has 0 atom stereocenters. The second-order valence-corrected chi connectivity index (χ2v) is 11.9. The Balaban J connectivity index is 2.24. The van der Waals surface area contributed by atoms with Crippen molar-refractivity contribution in [3.63, 3.8) is 0 Å². The van der Waals surface area contributed by atoms with Crippen LogP contribution in [0.4, 0.5) is 0 Å². The molecule has 0 saturated carbocycles. The van der Waals surface area contributed by atoms with Gasteiger partial charge in [-0.25, -0.2) is 0 Å². The van der Waals surface area contributed by atoms with Crippen LogP contribution in [-0.2, 0) is 3.74 Å². The summed E-state index contributed by atoms with van der Waals surface area (Å²) in [6, 6.07) is 24.4. The molecule has 3 aromatic rings. The van der Waals surface area contributed by atoms with Crippen LogP contribution in [0.15, 0.2) is 72.8 Å². The first-order valence-corrected chi connectivity index (χ1v) is 11.4. The summed E-state index contributed by atoms with van der Waals surface area (Å²) in [6.45, 7) is 6.16. The molecule has 0 spiro atoms. The molecule has 0 N–H and O–H groups in total. The van der Waals surface area contributed by atoms with E-state index in [9.17, 15) is 3.74 Å². The number of hydrogen-bond acceptors (Lipinski definition) is 1. The molecule has 0 aromatic heterocycles. The fourth-order valence-corrected chi connectivity index (χ4v) is 8.17. The topological polar surface area (TPSA) is 17.1 Å². The normalized spacial score (nSPS) is 11.4. The molecule has 0 amide bonds. The van der Waals surface area contributed by atoms with Gasteiger partial charge in [0.15, 0.2) is 0 Å². The first-order valence-electron chi connectivity index (χ1n) is 7.82. The summed E-state index contributed by atoms with van der Waals surface area (Å²) in [5.41, 5.74) is 3.55. The number of hydrogen-bond donors (Lipinski definition) is 0. The molecule has 3 aromatic carbocycles. The molecule has 3 rings (SSSR count). The first kappa shape index (κ1) is 15.9. The molecule has 0 saturated heterocycles. The van der Waals surface area contributed by atoms with Crippen LogP contribution in [0, 0.1) is 20.8 Å². The van der Waals surface area contributed by atoms with E-state index in [1.807, 2.05) is 72.8 Å². The second-order valence-electron chi connectivity index (χ2n) is 6.12. The third kappa shape index (κ3) is 3.07. The molecule has 23 heavy (non-hydrogen) atoms. The maximum absolute atomic E-state index is 14.2. The zero-order valence-corrected chi connectivity index (χ0v) is 15.7. The molecule has 0 heterocycles. The first-order chi connectivity index (χ1) is 11.0. The van der Waals surface area contributed by atoms with Gasteiger partial charge in [-0.2, -0.15) is 0 Å². The van der Waals surface area contributed by atoms with E-state index in [4.69, 9.17) is 0 Å². The summed E-state index contributed by atoms with van der Waals surface area (Å²) in [7, 11) is 0. The fourth-order valence-electron chi connectivity index (χ4n) is 2.71. The van der Waals surface area contributed by atoms with Crippen molar-refractivity contribution in [2.75, 3.05) is 0 Å². The van der Waals surface area contributed by atoms with Crippen LogP contribution in [0.3, 0.4) is 0 Å². The summed E-state index contributed by atoms with van der Waals surface area (Å²) < 4.78 is 17.1. The van der Waals surface area contributed by atoms with Crippen molar-refractivity contribution in [1.82, 2.24) is 0 Å². The Morgan fingerprint density at radius 3 is 0.913 bits per heavy atom. The van der Waals surface area contributed by atoms with Gasteiger partial charge >= 0.3 is 141 Å². The van der Waals surface area contributed by atoms with Crippen LogP contribution in [0.2, 0.25) is 0 Å². The Bertz CT molecular complexity index is 726. The predicted molar refractivity (Wildman–Crippen MR) is 98.9 cm³/mol. The average molecular weight is 364 g/mol. The monoisotopic (exact) mass is 364 g/mol. The van der Waals surface area contributed by atoms with Gasteiger partial charge in [0.05, 0.1) is 0 Å². The van der Waals surface area contributed by atoms with Crippen LogP contribution in [0.1, 0.15) is 16.7 Å². The van der Waals surface area contributed by atoms with Crippen LogP contribution < -0.4 is 13.1 Å². The van der Waals surface area contributed by atoms with Gasteiger partial charge < -0.3 is 0 Å². The zero-order chi connectivity index (χ0) is 16.4. The zero-order valence-electron chi connectivity index (χ0n) is 13.8. The Hall–Kier alpha value is -1.98. The van der Waals surface area contributed by atoms with Crippen LogP contribution in [-0.4, -0.2) is 13.5 Å². The molecule has 0 aliphatic carbocycles. The van der Waals surface area contributed by atoms with Gasteiger partial charge in [-0.15, -0.1) is 0 Å². The van der Waals surface area contributed by atoms with Crippen molar-refractivity contribution in [3.05, 3.63) is 89.5 Å². The van der Waals surface area contributed by atoms with E-state index < -0.39 is 13.5 Å². The van der Waals surface area contributed by atoms with Crippen molar-refractivity contribution in [3.8, 4) is 0 Å². The predicted octanol–water partition coefficient (Wildman–Crippen LogP) is 3.01. The van der Waals surface area contributed by atoms with Crippen LogP contribution >= 0.6 is 0 Å². The van der Waals surface area contributed by atoms with Gasteiger partial charge in [0.25, 0.3) is 0 Å². The third-order valence-corrected chi connectivity index (χ3v) is 10.6. The van der Waals surface area contributed by atoms with Gasteiger partial charge in [0.2, 0.25) is 0 Å². The van der Waals surface area contributed by atoms with Crippen molar-refractivity contribution in [1.29, 1.82) is 0 Å². The number of rotatable bonds is 3. The summed E-state index contributed by atoms with van der Waals surface area (Å²) in [5, 5.41) is 0. The second kappa shape index (κ2) is 6.26. The summed E-state index contributed by atoms with van der Waals surface area (Å²) in [5.74, 6) is 0. The number of benzene rings is 3. The Kier molecular flexibility index (Phi) is 4.32. The van der Waals surface area contributed by atoms with E-state index in [-0.39, 0.29) is 0 Å². The average Bonchev–Trinajstić information content (AvgIpc) is 2.56. The molecule has 0 aliphatic rings. The van der Waals surface area contributed by atoms with Gasteiger partial charge in [-0.3, -0.25) is 0 Å². The summed E-state index contributed by atoms with van der Waals surface area (Å²) in [6.07, 6.45) is 0. The van der Waals surface area contributed by atoms with E-state index in [2.05, 4.69) is 20.8 Å². The molecule has 0 bridgehead atoms. The Labute approximate surface area is 140 Å². The summed E-state index contributed by atoms with van der Waals surface area (Å²) >= 11 is -3.62. The minimum absolute atomic E-state index is 0.946. The van der Waals surface area contributed by atoms with Crippen LogP contribution in [0.25, 0.3) is 0 Å². The van der Waals surface area contributed by atoms with E-state index in [0.717, 1.165) is 13.1 Å². The Morgan fingerprint density at radius 1 is 0.478 bits per heavy atom. The standard InChI is InChI=1S/C21H21AsO/c1-16-4-10-19(11-5-16)22(23,20-12-6-17(2)7-13-20)21-14-8-18(3)9-15-21/h4-15H,1-3H3. The maximum atomic E-state index is 14.2. The van der Waals surface area contributed by atoms with Crippen LogP contribution in [0.5, 0.6) is 0 Å². The molecule has 116 valence electrons. The quantitative estimate of drug-likeness (QED) is 0.653. The van der Waals surface area contributed by atoms with E-state index in [0.29, 0.717) is 0 Å². The molecule has 1 nitrogen and oxygen atoms in total. The molecule has 0 fully saturated rings. The third-order valence-electron chi connectivity index (χ3n) is 4.19. The summed E-state index contributed by atoms with van der Waals surface area (Å²) in [4.78, 5) is 0. The van der Waals surface area contributed by atoms with E-state index in [1.54, 1.807) is 0 Å². The fraction of sp³-hybridized carbons (Fsp3) is 0.143. The van der Waals surface area contributed by atoms with Crippen molar-refractivity contribution < 1.29 is 3.74 Å². The SMILES string of the molecule is Cc1ccc([As](=O)(c2ccc(C)cc2)c2ccc(C)cc2)cc1. The van der Waals surface area contributed by atoms with E-state index >= 15 is 0 Å². The van der Waals surface area contributed by atoms with Crippen molar-refractivity contribution >= 4 is 26.5 Å².